The number of benzene rings is 1. The van der Waals surface area contributed by atoms with E-state index in [0.29, 0.717) is 30.8 Å². The number of carbonyl (C=O) groups excluding carboxylic acids is 2. The highest BCUT2D eigenvalue weighted by molar-refractivity contribution is 5.81. The Morgan fingerprint density at radius 2 is 1.89 bits per heavy atom. The van der Waals surface area contributed by atoms with Crippen molar-refractivity contribution in [1.29, 1.82) is 0 Å². The van der Waals surface area contributed by atoms with Gasteiger partial charge in [0.25, 0.3) is 0 Å². The van der Waals surface area contributed by atoms with Gasteiger partial charge in [0, 0.05) is 24.4 Å². The highest BCUT2D eigenvalue weighted by Crippen LogP contribution is 2.52. The van der Waals surface area contributed by atoms with Crippen molar-refractivity contribution in [2.24, 2.45) is 11.3 Å². The second kappa shape index (κ2) is 7.29. The normalized spacial score (nSPS) is 29.5. The monoisotopic (exact) mass is 369 g/mol. The van der Waals surface area contributed by atoms with E-state index in [0.717, 1.165) is 38.8 Å². The van der Waals surface area contributed by atoms with E-state index < -0.39 is 0 Å². The van der Waals surface area contributed by atoms with E-state index in [9.17, 15) is 9.59 Å². The highest BCUT2D eigenvalue weighted by atomic mass is 16.5. The molecule has 2 saturated heterocycles. The molecule has 1 atom stereocenters. The Morgan fingerprint density at radius 3 is 2.44 bits per heavy atom. The molecule has 1 aliphatic carbocycles. The minimum absolute atomic E-state index is 0.0207. The van der Waals surface area contributed by atoms with Crippen LogP contribution in [-0.4, -0.2) is 36.5 Å². The van der Waals surface area contributed by atoms with Crippen molar-refractivity contribution < 1.29 is 14.3 Å². The minimum Gasteiger partial charge on any atom is -0.465 e. The Kier molecular flexibility index (Phi) is 5.00. The van der Waals surface area contributed by atoms with E-state index >= 15 is 0 Å². The summed E-state index contributed by atoms with van der Waals surface area (Å²) in [6, 6.07) is 9.13. The molecular weight excluding hydrogens is 338 g/mol. The van der Waals surface area contributed by atoms with E-state index in [1.165, 1.54) is 17.5 Å². The molecule has 1 saturated carbocycles. The first-order valence-corrected chi connectivity index (χ1v) is 10.5. The summed E-state index contributed by atoms with van der Waals surface area (Å²) in [5.74, 6) is 1.48. The van der Waals surface area contributed by atoms with Crippen LogP contribution in [0.15, 0.2) is 24.3 Å². The smallest absolute Gasteiger partial charge is 0.306 e. The number of piperidine rings is 1. The quantitative estimate of drug-likeness (QED) is 0.746. The van der Waals surface area contributed by atoms with Gasteiger partial charge in [0.2, 0.25) is 5.91 Å². The van der Waals surface area contributed by atoms with E-state index in [2.05, 4.69) is 43.0 Å². The van der Waals surface area contributed by atoms with Crippen molar-refractivity contribution in [1.82, 2.24) is 4.90 Å². The van der Waals surface area contributed by atoms with Gasteiger partial charge in [-0.05, 0) is 55.1 Å². The number of amides is 1. The first-order valence-electron chi connectivity index (χ1n) is 10.5. The lowest BCUT2D eigenvalue weighted by atomic mass is 9.61. The number of hydrogen-bond donors (Lipinski definition) is 0. The van der Waals surface area contributed by atoms with Gasteiger partial charge < -0.3 is 9.64 Å². The summed E-state index contributed by atoms with van der Waals surface area (Å²) in [7, 11) is 0. The molecule has 1 aromatic carbocycles. The predicted octanol–water partition coefficient (Wildman–Crippen LogP) is 4.25. The lowest BCUT2D eigenvalue weighted by Crippen LogP contribution is -2.49. The molecule has 4 nitrogen and oxygen atoms in total. The molecule has 1 aromatic rings. The van der Waals surface area contributed by atoms with Crippen LogP contribution in [0.3, 0.4) is 0 Å². The van der Waals surface area contributed by atoms with Gasteiger partial charge in [-0.3, -0.25) is 9.59 Å². The second-order valence-electron chi connectivity index (χ2n) is 9.02. The number of cyclic esters (lactones) is 1. The third kappa shape index (κ3) is 3.63. The zero-order valence-corrected chi connectivity index (χ0v) is 16.6. The zero-order chi connectivity index (χ0) is 19.0. The average Bonchev–Trinajstić information content (AvgIpc) is 3.08. The minimum atomic E-state index is -0.0962. The summed E-state index contributed by atoms with van der Waals surface area (Å²) < 4.78 is 5.11. The number of likely N-dealkylation sites (tertiary alicyclic amines) is 1. The highest BCUT2D eigenvalue weighted by Gasteiger charge is 2.53. The third-order valence-electron chi connectivity index (χ3n) is 7.16. The molecular formula is C23H31NO3. The largest absolute Gasteiger partial charge is 0.465 e. The molecule has 1 spiro atoms. The number of ether oxygens (including phenoxy) is 1. The number of hydrogen-bond acceptors (Lipinski definition) is 3. The predicted molar refractivity (Wildman–Crippen MR) is 104 cm³/mol. The fourth-order valence-corrected chi connectivity index (χ4v) is 5.09. The summed E-state index contributed by atoms with van der Waals surface area (Å²) in [5, 5.41) is 0. The molecule has 0 N–H and O–H groups in total. The molecule has 3 aliphatic rings. The van der Waals surface area contributed by atoms with E-state index in [1.807, 2.05) is 0 Å². The Hall–Kier alpha value is -1.84. The molecule has 4 rings (SSSR count). The second-order valence-corrected chi connectivity index (χ2v) is 9.02. The summed E-state index contributed by atoms with van der Waals surface area (Å²) in [6.07, 6.45) is 5.43. The molecule has 4 heteroatoms. The summed E-state index contributed by atoms with van der Waals surface area (Å²) in [4.78, 5) is 26.2. The molecule has 2 heterocycles. The van der Waals surface area contributed by atoms with Gasteiger partial charge in [-0.1, -0.05) is 38.1 Å². The van der Waals surface area contributed by atoms with Gasteiger partial charge in [-0.2, -0.15) is 0 Å². The van der Waals surface area contributed by atoms with Crippen LogP contribution in [0.25, 0.3) is 0 Å². The van der Waals surface area contributed by atoms with Crippen molar-refractivity contribution in [2.45, 2.75) is 64.2 Å². The van der Waals surface area contributed by atoms with Crippen LogP contribution >= 0.6 is 0 Å². The van der Waals surface area contributed by atoms with Gasteiger partial charge >= 0.3 is 5.97 Å². The van der Waals surface area contributed by atoms with Gasteiger partial charge in [0.15, 0.2) is 0 Å². The summed E-state index contributed by atoms with van der Waals surface area (Å²) >= 11 is 0. The van der Waals surface area contributed by atoms with Gasteiger partial charge in [-0.15, -0.1) is 0 Å². The van der Waals surface area contributed by atoms with Crippen LogP contribution in [0.4, 0.5) is 0 Å². The molecule has 1 unspecified atom stereocenters. The molecule has 0 bridgehead atoms. The van der Waals surface area contributed by atoms with Gasteiger partial charge in [0.1, 0.15) is 0 Å². The molecule has 0 aromatic heterocycles. The van der Waals surface area contributed by atoms with Crippen LogP contribution in [-0.2, 0) is 14.3 Å². The van der Waals surface area contributed by atoms with Crippen LogP contribution in [0.2, 0.25) is 0 Å². The SMILES string of the molecule is CCC(C)c1ccc(C2CCN(C(=O)C3CC4(COC(=O)C4)C3)CC2)cc1. The molecule has 3 fully saturated rings. The lowest BCUT2D eigenvalue weighted by Gasteiger charge is -2.45. The van der Waals surface area contributed by atoms with Gasteiger partial charge in [-0.25, -0.2) is 0 Å². The number of esters is 1. The maximum Gasteiger partial charge on any atom is 0.306 e. The fraction of sp³-hybridized carbons (Fsp3) is 0.652. The Bertz CT molecular complexity index is 697. The molecule has 0 radical (unpaired) electrons. The first-order chi connectivity index (χ1) is 13.0. The van der Waals surface area contributed by atoms with E-state index in [-0.39, 0.29) is 17.3 Å². The fourth-order valence-electron chi connectivity index (χ4n) is 5.09. The lowest BCUT2D eigenvalue weighted by molar-refractivity contribution is -0.144. The van der Waals surface area contributed by atoms with Crippen molar-refractivity contribution in [3.63, 3.8) is 0 Å². The zero-order valence-electron chi connectivity index (χ0n) is 16.6. The van der Waals surface area contributed by atoms with Crippen LogP contribution < -0.4 is 0 Å². The topological polar surface area (TPSA) is 46.6 Å². The van der Waals surface area contributed by atoms with Crippen molar-refractivity contribution in [3.05, 3.63) is 35.4 Å². The summed E-state index contributed by atoms with van der Waals surface area (Å²) in [5.41, 5.74) is 2.81. The van der Waals surface area contributed by atoms with Gasteiger partial charge in [0.05, 0.1) is 13.0 Å². The number of carbonyl (C=O) groups is 2. The van der Waals surface area contributed by atoms with Crippen LogP contribution in [0, 0.1) is 11.3 Å². The maximum atomic E-state index is 12.8. The molecule has 27 heavy (non-hydrogen) atoms. The standard InChI is InChI=1S/C23H31NO3/c1-3-16(2)17-4-6-18(7-5-17)19-8-10-24(11-9-19)22(26)20-12-23(13-20)14-21(25)27-15-23/h4-7,16,19-20H,3,8-15H2,1-2H3. The molecule has 2 aliphatic heterocycles. The van der Waals surface area contributed by atoms with E-state index in [4.69, 9.17) is 4.74 Å². The third-order valence-corrected chi connectivity index (χ3v) is 7.16. The Labute approximate surface area is 162 Å². The number of nitrogens with zero attached hydrogens (tertiary/aromatic N) is 1. The molecule has 1 amide bonds. The first kappa shape index (κ1) is 18.5. The molecule has 146 valence electrons. The Morgan fingerprint density at radius 1 is 1.22 bits per heavy atom. The maximum absolute atomic E-state index is 12.8. The van der Waals surface area contributed by atoms with E-state index in [1.54, 1.807) is 0 Å². The van der Waals surface area contributed by atoms with Crippen molar-refractivity contribution in [3.8, 4) is 0 Å². The Balaban J connectivity index is 1.28. The van der Waals surface area contributed by atoms with Crippen molar-refractivity contribution >= 4 is 11.9 Å². The van der Waals surface area contributed by atoms with Crippen LogP contribution in [0.1, 0.15) is 75.3 Å². The van der Waals surface area contributed by atoms with Crippen molar-refractivity contribution in [2.75, 3.05) is 19.7 Å². The average molecular weight is 370 g/mol. The van der Waals surface area contributed by atoms with Crippen LogP contribution in [0.5, 0.6) is 0 Å². The summed E-state index contributed by atoms with van der Waals surface area (Å²) in [6.45, 7) is 6.74. The number of rotatable bonds is 4.